The number of fused-ring (bicyclic) bond motifs is 3. The maximum Gasteiger partial charge on any atom is 0.0377 e. The first-order valence-corrected chi connectivity index (χ1v) is 9.06. The van der Waals surface area contributed by atoms with Crippen molar-refractivity contribution in [1.82, 2.24) is 15.1 Å². The lowest BCUT2D eigenvalue weighted by atomic mass is 9.82. The van der Waals surface area contributed by atoms with Crippen LogP contribution >= 0.6 is 0 Å². The van der Waals surface area contributed by atoms with Crippen LogP contribution in [0.15, 0.2) is 0 Å². The number of hydrogen-bond acceptors (Lipinski definition) is 3. The standard InChI is InChI=1S/C17H33N3/c1-2-8-18-16(13-15-6-4-3-5-7-15)17-14-19-9-11-20(17)12-10-19/h15-18H,2-14H2,1H3. The second-order valence-electron chi connectivity index (χ2n) is 7.20. The molecule has 0 spiro atoms. The summed E-state index contributed by atoms with van der Waals surface area (Å²) in [6, 6.07) is 1.52. The topological polar surface area (TPSA) is 18.5 Å². The summed E-state index contributed by atoms with van der Waals surface area (Å²) in [6.07, 6.45) is 10.1. The molecule has 4 rings (SSSR count). The Balaban J connectivity index is 1.59. The molecule has 3 aliphatic heterocycles. The van der Waals surface area contributed by atoms with Gasteiger partial charge < -0.3 is 5.32 Å². The highest BCUT2D eigenvalue weighted by atomic mass is 15.4. The first kappa shape index (κ1) is 14.8. The molecule has 3 heterocycles. The van der Waals surface area contributed by atoms with Gasteiger partial charge in [0.1, 0.15) is 0 Å². The first-order chi connectivity index (χ1) is 9.86. The maximum atomic E-state index is 3.90. The molecular weight excluding hydrogens is 246 g/mol. The van der Waals surface area contributed by atoms with Gasteiger partial charge in [-0.3, -0.25) is 9.80 Å². The average molecular weight is 279 g/mol. The van der Waals surface area contributed by atoms with Crippen LogP contribution in [0.3, 0.4) is 0 Å². The molecule has 0 radical (unpaired) electrons. The van der Waals surface area contributed by atoms with Crippen LogP contribution in [0.25, 0.3) is 0 Å². The Hall–Kier alpha value is -0.120. The Bertz CT molecular complexity index is 280. The third-order valence-electron chi connectivity index (χ3n) is 5.75. The molecule has 20 heavy (non-hydrogen) atoms. The molecule has 0 aromatic rings. The second-order valence-corrected chi connectivity index (χ2v) is 7.20. The normalized spacial score (nSPS) is 36.1. The van der Waals surface area contributed by atoms with Crippen molar-refractivity contribution in [3.63, 3.8) is 0 Å². The van der Waals surface area contributed by atoms with E-state index in [1.165, 1.54) is 84.2 Å². The summed E-state index contributed by atoms with van der Waals surface area (Å²) in [5.74, 6) is 0.995. The summed E-state index contributed by atoms with van der Waals surface area (Å²) < 4.78 is 0. The summed E-state index contributed by atoms with van der Waals surface area (Å²) in [5, 5.41) is 3.90. The van der Waals surface area contributed by atoms with Gasteiger partial charge in [-0.05, 0) is 25.3 Å². The zero-order valence-electron chi connectivity index (χ0n) is 13.3. The molecule has 1 saturated carbocycles. The Labute approximate surface area is 125 Å². The average Bonchev–Trinajstić information content (AvgIpc) is 2.53. The van der Waals surface area contributed by atoms with Crippen LogP contribution in [0.2, 0.25) is 0 Å². The molecule has 1 N–H and O–H groups in total. The van der Waals surface area contributed by atoms with Gasteiger partial charge in [0.15, 0.2) is 0 Å². The van der Waals surface area contributed by atoms with E-state index < -0.39 is 0 Å². The van der Waals surface area contributed by atoms with Crippen LogP contribution in [-0.2, 0) is 0 Å². The van der Waals surface area contributed by atoms with E-state index in [0.29, 0.717) is 0 Å². The van der Waals surface area contributed by atoms with Crippen LogP contribution in [0.1, 0.15) is 51.9 Å². The van der Waals surface area contributed by atoms with Crippen molar-refractivity contribution >= 4 is 0 Å². The molecule has 3 saturated heterocycles. The van der Waals surface area contributed by atoms with Crippen LogP contribution in [-0.4, -0.2) is 61.2 Å². The highest BCUT2D eigenvalue weighted by Crippen LogP contribution is 2.30. The van der Waals surface area contributed by atoms with Gasteiger partial charge in [-0.2, -0.15) is 0 Å². The fourth-order valence-electron chi connectivity index (χ4n) is 4.53. The van der Waals surface area contributed by atoms with Crippen molar-refractivity contribution in [2.45, 2.75) is 64.0 Å². The van der Waals surface area contributed by atoms with E-state index >= 15 is 0 Å². The zero-order chi connectivity index (χ0) is 13.8. The molecule has 1 aliphatic carbocycles. The summed E-state index contributed by atoms with van der Waals surface area (Å²) in [6.45, 7) is 10.0. The van der Waals surface area contributed by atoms with E-state index in [2.05, 4.69) is 22.0 Å². The third-order valence-corrected chi connectivity index (χ3v) is 5.75. The molecule has 0 aromatic heterocycles. The molecule has 116 valence electrons. The van der Waals surface area contributed by atoms with Gasteiger partial charge in [-0.1, -0.05) is 39.0 Å². The van der Waals surface area contributed by atoms with Gasteiger partial charge in [0.25, 0.3) is 0 Å². The molecule has 2 unspecified atom stereocenters. The molecule has 4 fully saturated rings. The maximum absolute atomic E-state index is 3.90. The minimum absolute atomic E-state index is 0.737. The highest BCUT2D eigenvalue weighted by molar-refractivity contribution is 4.95. The molecule has 2 bridgehead atoms. The molecule has 3 nitrogen and oxygen atoms in total. The molecule has 4 aliphatic rings. The minimum Gasteiger partial charge on any atom is -0.312 e. The highest BCUT2D eigenvalue weighted by Gasteiger charge is 2.37. The van der Waals surface area contributed by atoms with Crippen LogP contribution < -0.4 is 5.32 Å². The summed E-state index contributed by atoms with van der Waals surface area (Å²) in [5.41, 5.74) is 0. The van der Waals surface area contributed by atoms with E-state index in [-0.39, 0.29) is 0 Å². The number of hydrogen-bond donors (Lipinski definition) is 1. The predicted molar refractivity (Wildman–Crippen MR) is 85.1 cm³/mol. The fourth-order valence-corrected chi connectivity index (χ4v) is 4.53. The fraction of sp³-hybridized carbons (Fsp3) is 1.00. The smallest absolute Gasteiger partial charge is 0.0377 e. The van der Waals surface area contributed by atoms with Gasteiger partial charge in [0.05, 0.1) is 0 Å². The molecule has 0 aromatic carbocycles. The summed E-state index contributed by atoms with van der Waals surface area (Å²) in [4.78, 5) is 5.46. The van der Waals surface area contributed by atoms with Gasteiger partial charge in [-0.25, -0.2) is 0 Å². The van der Waals surface area contributed by atoms with Crippen molar-refractivity contribution in [2.24, 2.45) is 5.92 Å². The van der Waals surface area contributed by atoms with Gasteiger partial charge >= 0.3 is 0 Å². The quantitative estimate of drug-likeness (QED) is 0.805. The van der Waals surface area contributed by atoms with Crippen LogP contribution in [0.4, 0.5) is 0 Å². The monoisotopic (exact) mass is 279 g/mol. The molecular formula is C17H33N3. The number of nitrogens with one attached hydrogen (secondary N) is 1. The van der Waals surface area contributed by atoms with E-state index in [9.17, 15) is 0 Å². The molecule has 3 heteroatoms. The lowest BCUT2D eigenvalue weighted by Crippen LogP contribution is -2.66. The third kappa shape index (κ3) is 3.55. The van der Waals surface area contributed by atoms with Crippen LogP contribution in [0, 0.1) is 5.92 Å². The Morgan fingerprint density at radius 1 is 1.05 bits per heavy atom. The van der Waals surface area contributed by atoms with E-state index in [1.807, 2.05) is 0 Å². The van der Waals surface area contributed by atoms with Crippen molar-refractivity contribution in [1.29, 1.82) is 0 Å². The van der Waals surface area contributed by atoms with E-state index in [0.717, 1.165) is 18.0 Å². The number of piperazine rings is 3. The van der Waals surface area contributed by atoms with Gasteiger partial charge in [0, 0.05) is 44.8 Å². The lowest BCUT2D eigenvalue weighted by Gasteiger charge is -2.51. The SMILES string of the molecule is CCCNC(CC1CCCCC1)C1CN2CCN1CC2. The van der Waals surface area contributed by atoms with Crippen molar-refractivity contribution < 1.29 is 0 Å². The van der Waals surface area contributed by atoms with Crippen LogP contribution in [0.5, 0.6) is 0 Å². The second kappa shape index (κ2) is 7.24. The van der Waals surface area contributed by atoms with E-state index in [1.54, 1.807) is 0 Å². The first-order valence-electron chi connectivity index (χ1n) is 9.06. The Kier molecular flexibility index (Phi) is 5.36. The number of rotatable bonds is 6. The largest absolute Gasteiger partial charge is 0.312 e. The molecule has 2 atom stereocenters. The minimum atomic E-state index is 0.737. The predicted octanol–water partition coefficient (Wildman–Crippen LogP) is 2.32. The zero-order valence-corrected chi connectivity index (χ0v) is 13.3. The van der Waals surface area contributed by atoms with Crippen molar-refractivity contribution in [3.05, 3.63) is 0 Å². The summed E-state index contributed by atoms with van der Waals surface area (Å²) in [7, 11) is 0. The number of nitrogens with zero attached hydrogens (tertiary/aromatic N) is 2. The van der Waals surface area contributed by atoms with Crippen molar-refractivity contribution in [3.8, 4) is 0 Å². The van der Waals surface area contributed by atoms with E-state index in [4.69, 9.17) is 0 Å². The van der Waals surface area contributed by atoms with Crippen molar-refractivity contribution in [2.75, 3.05) is 39.3 Å². The summed E-state index contributed by atoms with van der Waals surface area (Å²) >= 11 is 0. The Morgan fingerprint density at radius 3 is 2.40 bits per heavy atom. The lowest BCUT2D eigenvalue weighted by molar-refractivity contribution is -0.00773. The van der Waals surface area contributed by atoms with Gasteiger partial charge in [0.2, 0.25) is 0 Å². The Morgan fingerprint density at radius 2 is 1.80 bits per heavy atom. The molecule has 0 amide bonds. The van der Waals surface area contributed by atoms with Gasteiger partial charge in [-0.15, -0.1) is 0 Å².